The minimum atomic E-state index is 0.267. The Hall–Kier alpha value is -1.36. The highest BCUT2D eigenvalue weighted by Gasteiger charge is 2.17. The van der Waals surface area contributed by atoms with Gasteiger partial charge in [-0.1, -0.05) is 0 Å². The van der Waals surface area contributed by atoms with Gasteiger partial charge in [0.25, 0.3) is 0 Å². The number of aromatic nitrogens is 2. The SMILES string of the molecule is c1nc(OC2CCNCC2)ncc1N1CCCC1. The maximum absolute atomic E-state index is 5.79. The molecule has 0 aromatic carbocycles. The molecule has 18 heavy (non-hydrogen) atoms. The molecule has 2 aliphatic heterocycles. The summed E-state index contributed by atoms with van der Waals surface area (Å²) in [5.41, 5.74) is 1.12. The van der Waals surface area contributed by atoms with Crippen molar-refractivity contribution in [1.82, 2.24) is 15.3 Å². The van der Waals surface area contributed by atoms with Gasteiger partial charge in [-0.2, -0.15) is 0 Å². The number of ether oxygens (including phenoxy) is 1. The van der Waals surface area contributed by atoms with E-state index in [1.54, 1.807) is 0 Å². The molecule has 3 heterocycles. The second-order valence-electron chi connectivity index (χ2n) is 4.99. The Balaban J connectivity index is 1.59. The fourth-order valence-corrected chi connectivity index (χ4v) is 2.57. The lowest BCUT2D eigenvalue weighted by Crippen LogP contribution is -2.34. The first-order chi connectivity index (χ1) is 8.92. The molecule has 0 unspecified atom stereocenters. The first kappa shape index (κ1) is 11.7. The Bertz CT molecular complexity index is 369. The van der Waals surface area contributed by atoms with E-state index in [1.807, 2.05) is 12.4 Å². The Morgan fingerprint density at radius 2 is 1.78 bits per heavy atom. The van der Waals surface area contributed by atoms with Gasteiger partial charge in [0.1, 0.15) is 6.10 Å². The molecular formula is C13H20N4O. The van der Waals surface area contributed by atoms with Crippen LogP contribution in [0.3, 0.4) is 0 Å². The third kappa shape index (κ3) is 2.72. The van der Waals surface area contributed by atoms with Crippen LogP contribution in [0.4, 0.5) is 5.69 Å². The van der Waals surface area contributed by atoms with Crippen LogP contribution in [0.15, 0.2) is 12.4 Å². The second kappa shape index (κ2) is 5.52. The first-order valence-corrected chi connectivity index (χ1v) is 6.86. The van der Waals surface area contributed by atoms with Crippen molar-refractivity contribution < 1.29 is 4.74 Å². The number of anilines is 1. The lowest BCUT2D eigenvalue weighted by atomic mass is 10.1. The van der Waals surface area contributed by atoms with Crippen molar-refractivity contribution in [2.75, 3.05) is 31.1 Å². The molecule has 0 aliphatic carbocycles. The topological polar surface area (TPSA) is 50.3 Å². The number of piperidine rings is 1. The normalized spacial score (nSPS) is 21.2. The summed E-state index contributed by atoms with van der Waals surface area (Å²) in [4.78, 5) is 11.0. The monoisotopic (exact) mass is 248 g/mol. The lowest BCUT2D eigenvalue weighted by Gasteiger charge is -2.23. The Labute approximate surface area is 108 Å². The summed E-state index contributed by atoms with van der Waals surface area (Å²) in [5, 5.41) is 3.32. The zero-order valence-corrected chi connectivity index (χ0v) is 10.6. The maximum atomic E-state index is 5.79. The quantitative estimate of drug-likeness (QED) is 0.871. The van der Waals surface area contributed by atoms with Crippen LogP contribution >= 0.6 is 0 Å². The van der Waals surface area contributed by atoms with E-state index in [4.69, 9.17) is 4.74 Å². The summed E-state index contributed by atoms with van der Waals surface area (Å²) in [5.74, 6) is 0. The molecule has 1 aromatic heterocycles. The van der Waals surface area contributed by atoms with Gasteiger partial charge in [-0.05, 0) is 38.8 Å². The Morgan fingerprint density at radius 3 is 2.44 bits per heavy atom. The third-order valence-corrected chi connectivity index (χ3v) is 3.64. The van der Waals surface area contributed by atoms with Crippen LogP contribution in [0, 0.1) is 0 Å². The number of rotatable bonds is 3. The summed E-state index contributed by atoms with van der Waals surface area (Å²) >= 11 is 0. The molecule has 2 saturated heterocycles. The summed E-state index contributed by atoms with van der Waals surface area (Å²) in [7, 11) is 0. The van der Waals surface area contributed by atoms with Gasteiger partial charge in [-0.15, -0.1) is 0 Å². The van der Waals surface area contributed by atoms with Gasteiger partial charge in [-0.3, -0.25) is 0 Å². The van der Waals surface area contributed by atoms with Crippen LogP contribution in [-0.4, -0.2) is 42.3 Å². The molecule has 98 valence electrons. The molecule has 0 atom stereocenters. The number of hydrogen-bond donors (Lipinski definition) is 1. The van der Waals surface area contributed by atoms with Crippen molar-refractivity contribution in [3.05, 3.63) is 12.4 Å². The number of nitrogens with one attached hydrogen (secondary N) is 1. The highest BCUT2D eigenvalue weighted by atomic mass is 16.5. The second-order valence-corrected chi connectivity index (χ2v) is 4.99. The molecule has 1 aromatic rings. The van der Waals surface area contributed by atoms with Gasteiger partial charge in [0.05, 0.1) is 18.1 Å². The standard InChI is InChI=1S/C13H20N4O/c1-2-8-17(7-1)11-9-15-13(16-10-11)18-12-3-5-14-6-4-12/h9-10,12,14H,1-8H2. The molecule has 5 heteroatoms. The van der Waals surface area contributed by atoms with Crippen LogP contribution in [0.2, 0.25) is 0 Å². The van der Waals surface area contributed by atoms with Gasteiger partial charge in [-0.25, -0.2) is 9.97 Å². The van der Waals surface area contributed by atoms with Gasteiger partial charge in [0, 0.05) is 13.1 Å². The summed E-state index contributed by atoms with van der Waals surface area (Å²) in [6, 6.07) is 0.518. The molecule has 2 fully saturated rings. The molecule has 3 rings (SSSR count). The van der Waals surface area contributed by atoms with Gasteiger partial charge in [0.15, 0.2) is 0 Å². The van der Waals surface area contributed by atoms with Crippen molar-refractivity contribution in [1.29, 1.82) is 0 Å². The van der Waals surface area contributed by atoms with E-state index < -0.39 is 0 Å². The van der Waals surface area contributed by atoms with Gasteiger partial charge >= 0.3 is 6.01 Å². The van der Waals surface area contributed by atoms with Crippen molar-refractivity contribution in [3.63, 3.8) is 0 Å². The Kier molecular flexibility index (Phi) is 3.59. The van der Waals surface area contributed by atoms with E-state index in [0.29, 0.717) is 6.01 Å². The van der Waals surface area contributed by atoms with Crippen LogP contribution in [0.25, 0.3) is 0 Å². The molecule has 0 radical (unpaired) electrons. The van der Waals surface area contributed by atoms with Crippen molar-refractivity contribution >= 4 is 5.69 Å². The van der Waals surface area contributed by atoms with Crippen LogP contribution in [0.5, 0.6) is 6.01 Å². The number of nitrogens with zero attached hydrogens (tertiary/aromatic N) is 3. The largest absolute Gasteiger partial charge is 0.460 e. The van der Waals surface area contributed by atoms with Crippen molar-refractivity contribution in [2.45, 2.75) is 31.8 Å². The molecule has 0 bridgehead atoms. The molecule has 5 nitrogen and oxygen atoms in total. The molecule has 0 amide bonds. The van der Waals surface area contributed by atoms with Gasteiger partial charge in [0.2, 0.25) is 0 Å². The minimum Gasteiger partial charge on any atom is -0.460 e. The molecule has 0 spiro atoms. The third-order valence-electron chi connectivity index (χ3n) is 3.64. The van der Waals surface area contributed by atoms with Crippen LogP contribution in [-0.2, 0) is 0 Å². The summed E-state index contributed by atoms with van der Waals surface area (Å²) in [6.07, 6.45) is 8.65. The summed E-state index contributed by atoms with van der Waals surface area (Å²) < 4.78 is 5.79. The average Bonchev–Trinajstić information content (AvgIpc) is 2.95. The van der Waals surface area contributed by atoms with E-state index in [9.17, 15) is 0 Å². The Morgan fingerprint density at radius 1 is 1.11 bits per heavy atom. The maximum Gasteiger partial charge on any atom is 0.316 e. The number of hydrogen-bond acceptors (Lipinski definition) is 5. The van der Waals surface area contributed by atoms with Crippen molar-refractivity contribution in [2.24, 2.45) is 0 Å². The molecule has 1 N–H and O–H groups in total. The van der Waals surface area contributed by atoms with E-state index in [2.05, 4.69) is 20.2 Å². The average molecular weight is 248 g/mol. The highest BCUT2D eigenvalue weighted by Crippen LogP contribution is 2.20. The van der Waals surface area contributed by atoms with Crippen LogP contribution < -0.4 is 15.0 Å². The van der Waals surface area contributed by atoms with Crippen molar-refractivity contribution in [3.8, 4) is 6.01 Å². The van der Waals surface area contributed by atoms with E-state index in [0.717, 1.165) is 44.7 Å². The zero-order valence-electron chi connectivity index (χ0n) is 10.6. The molecule has 0 saturated carbocycles. The van der Waals surface area contributed by atoms with Gasteiger partial charge < -0.3 is 15.0 Å². The van der Waals surface area contributed by atoms with E-state index >= 15 is 0 Å². The molecular weight excluding hydrogens is 228 g/mol. The fraction of sp³-hybridized carbons (Fsp3) is 0.692. The van der Waals surface area contributed by atoms with Crippen LogP contribution in [0.1, 0.15) is 25.7 Å². The predicted octanol–water partition coefficient (Wildman–Crippen LogP) is 1.21. The summed E-state index contributed by atoms with van der Waals surface area (Å²) in [6.45, 7) is 4.29. The highest BCUT2D eigenvalue weighted by molar-refractivity contribution is 5.43. The van der Waals surface area contributed by atoms with E-state index in [1.165, 1.54) is 12.8 Å². The first-order valence-electron chi connectivity index (χ1n) is 6.86. The zero-order chi connectivity index (χ0) is 12.2. The minimum absolute atomic E-state index is 0.267. The smallest absolute Gasteiger partial charge is 0.316 e. The predicted molar refractivity (Wildman–Crippen MR) is 70.0 cm³/mol. The lowest BCUT2D eigenvalue weighted by molar-refractivity contribution is 0.149. The molecule has 2 aliphatic rings. The fourth-order valence-electron chi connectivity index (χ4n) is 2.57. The van der Waals surface area contributed by atoms with E-state index in [-0.39, 0.29) is 6.10 Å².